The maximum atomic E-state index is 12.7. The van der Waals surface area contributed by atoms with E-state index in [-0.39, 0.29) is 17.7 Å². The van der Waals surface area contributed by atoms with Gasteiger partial charge in [-0.2, -0.15) is 5.10 Å². The lowest BCUT2D eigenvalue weighted by Crippen LogP contribution is -2.35. The zero-order chi connectivity index (χ0) is 17.9. The molecule has 2 amide bonds. The highest BCUT2D eigenvalue weighted by Crippen LogP contribution is 2.30. The van der Waals surface area contributed by atoms with Crippen molar-refractivity contribution < 1.29 is 9.59 Å². The van der Waals surface area contributed by atoms with Gasteiger partial charge in [0.25, 0.3) is 0 Å². The zero-order valence-electron chi connectivity index (χ0n) is 14.8. The standard InChI is InChI=1S/C20H24N4O2/c25-19-12-16(14-23(19)17-8-4-5-9-17)20(26)22-18-10-11-21-24(18)13-15-6-2-1-3-7-15/h1-3,6-7,10-11,16-17H,4-5,8-9,12-14H2,(H,22,26)/t16-/m0/s1. The van der Waals surface area contributed by atoms with E-state index in [0.29, 0.717) is 31.4 Å². The number of nitrogens with zero attached hydrogens (tertiary/aromatic N) is 3. The average Bonchev–Trinajstić information content (AvgIpc) is 3.38. The molecular formula is C20H24N4O2. The Morgan fingerprint density at radius 2 is 1.92 bits per heavy atom. The molecule has 1 N–H and O–H groups in total. The number of carbonyl (C=O) groups is 2. The van der Waals surface area contributed by atoms with Crippen LogP contribution in [0.1, 0.15) is 37.7 Å². The molecular weight excluding hydrogens is 328 g/mol. The molecule has 2 heterocycles. The maximum absolute atomic E-state index is 12.7. The number of carbonyl (C=O) groups excluding carboxylic acids is 2. The average molecular weight is 352 g/mol. The third-order valence-electron chi connectivity index (χ3n) is 5.44. The number of aromatic nitrogens is 2. The lowest BCUT2D eigenvalue weighted by atomic mass is 10.1. The predicted octanol–water partition coefficient (Wildman–Crippen LogP) is 2.66. The van der Waals surface area contributed by atoms with Gasteiger partial charge >= 0.3 is 0 Å². The summed E-state index contributed by atoms with van der Waals surface area (Å²) in [7, 11) is 0. The molecule has 1 aliphatic carbocycles. The van der Waals surface area contributed by atoms with Gasteiger partial charge in [-0.05, 0) is 18.4 Å². The second kappa shape index (κ2) is 7.32. The fourth-order valence-corrected chi connectivity index (χ4v) is 4.03. The fraction of sp³-hybridized carbons (Fsp3) is 0.450. The second-order valence-corrected chi connectivity index (χ2v) is 7.23. The molecule has 2 fully saturated rings. The summed E-state index contributed by atoms with van der Waals surface area (Å²) in [5.74, 6) is 0.428. The molecule has 0 radical (unpaired) electrons. The molecule has 136 valence electrons. The number of anilines is 1. The summed E-state index contributed by atoms with van der Waals surface area (Å²) < 4.78 is 1.78. The molecule has 1 saturated heterocycles. The third kappa shape index (κ3) is 3.49. The first-order valence-electron chi connectivity index (χ1n) is 9.37. The molecule has 6 heteroatoms. The number of rotatable bonds is 5. The summed E-state index contributed by atoms with van der Waals surface area (Å²) in [4.78, 5) is 26.9. The number of hydrogen-bond acceptors (Lipinski definition) is 3. The van der Waals surface area contributed by atoms with E-state index >= 15 is 0 Å². The molecule has 2 aliphatic rings. The smallest absolute Gasteiger partial charge is 0.230 e. The van der Waals surface area contributed by atoms with Crippen molar-refractivity contribution in [2.24, 2.45) is 5.92 Å². The number of benzene rings is 1. The maximum Gasteiger partial charge on any atom is 0.230 e. The van der Waals surface area contributed by atoms with Gasteiger partial charge in [0.15, 0.2) is 0 Å². The van der Waals surface area contributed by atoms with Crippen molar-refractivity contribution in [2.75, 3.05) is 11.9 Å². The molecule has 1 aromatic heterocycles. The highest BCUT2D eigenvalue weighted by Gasteiger charge is 2.38. The van der Waals surface area contributed by atoms with Crippen LogP contribution >= 0.6 is 0 Å². The lowest BCUT2D eigenvalue weighted by Gasteiger charge is -2.23. The minimum absolute atomic E-state index is 0.0892. The zero-order valence-corrected chi connectivity index (χ0v) is 14.8. The number of amides is 2. The molecule has 1 aromatic carbocycles. The molecule has 0 bridgehead atoms. The number of hydrogen-bond donors (Lipinski definition) is 1. The van der Waals surface area contributed by atoms with Crippen LogP contribution in [0.3, 0.4) is 0 Å². The second-order valence-electron chi connectivity index (χ2n) is 7.23. The van der Waals surface area contributed by atoms with Gasteiger partial charge in [0.1, 0.15) is 5.82 Å². The van der Waals surface area contributed by atoms with Gasteiger partial charge in [0, 0.05) is 25.1 Å². The summed E-state index contributed by atoms with van der Waals surface area (Å²) in [5.41, 5.74) is 1.12. The van der Waals surface area contributed by atoms with Gasteiger partial charge in [0.2, 0.25) is 11.8 Å². The van der Waals surface area contributed by atoms with E-state index in [4.69, 9.17) is 0 Å². The number of nitrogens with one attached hydrogen (secondary N) is 1. The van der Waals surface area contributed by atoms with Crippen LogP contribution in [0.5, 0.6) is 0 Å². The van der Waals surface area contributed by atoms with Gasteiger partial charge in [-0.15, -0.1) is 0 Å². The largest absolute Gasteiger partial charge is 0.339 e. The van der Waals surface area contributed by atoms with Crippen LogP contribution in [0.15, 0.2) is 42.6 Å². The van der Waals surface area contributed by atoms with Crippen molar-refractivity contribution in [2.45, 2.75) is 44.7 Å². The summed E-state index contributed by atoms with van der Waals surface area (Å²) in [6.07, 6.45) is 6.51. The Kier molecular flexibility index (Phi) is 4.73. The highest BCUT2D eigenvalue weighted by atomic mass is 16.2. The Hall–Kier alpha value is -2.63. The summed E-state index contributed by atoms with van der Waals surface area (Å²) >= 11 is 0. The molecule has 26 heavy (non-hydrogen) atoms. The Labute approximate surface area is 153 Å². The number of likely N-dealkylation sites (tertiary alicyclic amines) is 1. The minimum Gasteiger partial charge on any atom is -0.339 e. The molecule has 1 aliphatic heterocycles. The fourth-order valence-electron chi connectivity index (χ4n) is 4.03. The van der Waals surface area contributed by atoms with Crippen LogP contribution in [0.2, 0.25) is 0 Å². The van der Waals surface area contributed by atoms with Crippen LogP contribution in [0.25, 0.3) is 0 Å². The Morgan fingerprint density at radius 3 is 2.69 bits per heavy atom. The van der Waals surface area contributed by atoms with Crippen molar-refractivity contribution in [3.63, 3.8) is 0 Å². The van der Waals surface area contributed by atoms with E-state index in [0.717, 1.165) is 18.4 Å². The highest BCUT2D eigenvalue weighted by molar-refractivity contribution is 5.96. The first-order chi connectivity index (χ1) is 12.7. The van der Waals surface area contributed by atoms with Gasteiger partial charge in [-0.25, -0.2) is 4.68 Å². The van der Waals surface area contributed by atoms with E-state index in [9.17, 15) is 9.59 Å². The monoisotopic (exact) mass is 352 g/mol. The van der Waals surface area contributed by atoms with Crippen LogP contribution < -0.4 is 5.32 Å². The normalized spacial score (nSPS) is 20.7. The van der Waals surface area contributed by atoms with Crippen molar-refractivity contribution in [1.82, 2.24) is 14.7 Å². The van der Waals surface area contributed by atoms with E-state index in [1.165, 1.54) is 12.8 Å². The first kappa shape index (κ1) is 16.8. The van der Waals surface area contributed by atoms with Crippen LogP contribution in [-0.4, -0.2) is 39.1 Å². The van der Waals surface area contributed by atoms with Crippen LogP contribution in [-0.2, 0) is 16.1 Å². The third-order valence-corrected chi connectivity index (χ3v) is 5.44. The van der Waals surface area contributed by atoms with E-state index in [1.54, 1.807) is 16.9 Å². The molecule has 0 unspecified atom stereocenters. The molecule has 6 nitrogen and oxygen atoms in total. The van der Waals surface area contributed by atoms with Crippen molar-refractivity contribution in [3.8, 4) is 0 Å². The molecule has 4 rings (SSSR count). The quantitative estimate of drug-likeness (QED) is 0.900. The van der Waals surface area contributed by atoms with Crippen molar-refractivity contribution >= 4 is 17.6 Å². The van der Waals surface area contributed by atoms with Gasteiger partial charge in [0.05, 0.1) is 18.7 Å². The van der Waals surface area contributed by atoms with Gasteiger partial charge in [-0.1, -0.05) is 43.2 Å². The molecule has 2 aromatic rings. The SMILES string of the molecule is O=C(Nc1ccnn1Cc1ccccc1)[C@H]1CC(=O)N(C2CCCC2)C1. The van der Waals surface area contributed by atoms with E-state index in [1.807, 2.05) is 35.2 Å². The summed E-state index contributed by atoms with van der Waals surface area (Å²) in [6.45, 7) is 1.14. The van der Waals surface area contributed by atoms with E-state index in [2.05, 4.69) is 10.4 Å². The molecule has 1 saturated carbocycles. The predicted molar refractivity (Wildman–Crippen MR) is 98.5 cm³/mol. The minimum atomic E-state index is -0.275. The Morgan fingerprint density at radius 1 is 1.15 bits per heavy atom. The summed E-state index contributed by atoms with van der Waals surface area (Å²) in [6, 6.07) is 12.1. The van der Waals surface area contributed by atoms with Crippen LogP contribution in [0, 0.1) is 5.92 Å². The van der Waals surface area contributed by atoms with Crippen molar-refractivity contribution in [1.29, 1.82) is 0 Å². The lowest BCUT2D eigenvalue weighted by molar-refractivity contribution is -0.129. The Balaban J connectivity index is 1.40. The molecule has 1 atom stereocenters. The Bertz CT molecular complexity index is 780. The van der Waals surface area contributed by atoms with Crippen LogP contribution in [0.4, 0.5) is 5.82 Å². The molecule has 0 spiro atoms. The van der Waals surface area contributed by atoms with E-state index < -0.39 is 0 Å². The summed E-state index contributed by atoms with van der Waals surface area (Å²) in [5, 5.41) is 7.28. The topological polar surface area (TPSA) is 67.2 Å². The first-order valence-corrected chi connectivity index (χ1v) is 9.37. The van der Waals surface area contributed by atoms with Gasteiger partial charge in [-0.3, -0.25) is 9.59 Å². The van der Waals surface area contributed by atoms with Crippen molar-refractivity contribution in [3.05, 3.63) is 48.2 Å². The van der Waals surface area contributed by atoms with Gasteiger partial charge < -0.3 is 10.2 Å².